The number of aromatic nitrogens is 3. The molecule has 2 aromatic heterocycles. The molecule has 1 atom stereocenters. The van der Waals surface area contributed by atoms with Crippen molar-refractivity contribution in [2.75, 3.05) is 0 Å². The first-order valence-corrected chi connectivity index (χ1v) is 8.88. The molecule has 1 amide bonds. The Morgan fingerprint density at radius 3 is 2.67 bits per heavy atom. The summed E-state index contributed by atoms with van der Waals surface area (Å²) in [6, 6.07) is 12.2. The highest BCUT2D eigenvalue weighted by molar-refractivity contribution is 5.93. The number of aromatic amines is 1. The van der Waals surface area contributed by atoms with Gasteiger partial charge in [0.1, 0.15) is 11.4 Å². The van der Waals surface area contributed by atoms with E-state index in [1.807, 2.05) is 18.2 Å². The van der Waals surface area contributed by atoms with E-state index in [0.29, 0.717) is 17.0 Å². The van der Waals surface area contributed by atoms with Crippen LogP contribution in [-0.4, -0.2) is 26.2 Å². The molecule has 0 radical (unpaired) electrons. The molecule has 3 aromatic rings. The minimum atomic E-state index is -0.248. The summed E-state index contributed by atoms with van der Waals surface area (Å²) in [6.45, 7) is 6.40. The van der Waals surface area contributed by atoms with Crippen LogP contribution >= 0.6 is 0 Å². The summed E-state index contributed by atoms with van der Waals surface area (Å²) >= 11 is 0. The van der Waals surface area contributed by atoms with Gasteiger partial charge in [0.05, 0.1) is 11.7 Å². The van der Waals surface area contributed by atoms with Crippen molar-refractivity contribution in [3.05, 3.63) is 66.1 Å². The number of phenolic OH excluding ortho intramolecular Hbond substituents is 1. The number of carbonyl (C=O) groups is 1. The van der Waals surface area contributed by atoms with E-state index in [2.05, 4.69) is 41.3 Å². The summed E-state index contributed by atoms with van der Waals surface area (Å²) in [6.07, 6.45) is 4.26. The smallest absolute Gasteiger partial charge is 0.269 e. The van der Waals surface area contributed by atoms with E-state index < -0.39 is 0 Å². The number of carbonyl (C=O) groups excluding carboxylic acids is 1. The Bertz CT molecular complexity index is 913. The Hall–Kier alpha value is -3.15. The fourth-order valence-electron chi connectivity index (χ4n) is 2.95. The fourth-order valence-corrected chi connectivity index (χ4v) is 2.95. The zero-order valence-corrected chi connectivity index (χ0v) is 15.7. The first-order chi connectivity index (χ1) is 12.8. The Morgan fingerprint density at radius 1 is 1.22 bits per heavy atom. The molecule has 27 heavy (non-hydrogen) atoms. The number of nitrogens with one attached hydrogen (secondary N) is 2. The lowest BCUT2D eigenvalue weighted by molar-refractivity contribution is 0.0921. The van der Waals surface area contributed by atoms with Crippen LogP contribution in [0.15, 0.2) is 54.9 Å². The van der Waals surface area contributed by atoms with Gasteiger partial charge in [-0.15, -0.1) is 0 Å². The van der Waals surface area contributed by atoms with Crippen LogP contribution in [0.3, 0.4) is 0 Å². The molecule has 140 valence electrons. The topological polar surface area (TPSA) is 90.9 Å². The molecule has 1 aromatic carbocycles. The van der Waals surface area contributed by atoms with Crippen molar-refractivity contribution in [3.63, 3.8) is 0 Å². The second-order valence-corrected chi connectivity index (χ2v) is 7.76. The third kappa shape index (κ3) is 4.73. The molecule has 0 aliphatic rings. The number of para-hydroxylation sites is 1. The third-order valence-electron chi connectivity index (χ3n) is 4.21. The van der Waals surface area contributed by atoms with Crippen molar-refractivity contribution in [2.24, 2.45) is 5.41 Å². The minimum Gasteiger partial charge on any atom is -0.507 e. The molecule has 3 N–H and O–H groups in total. The number of hydrogen-bond donors (Lipinski definition) is 3. The summed E-state index contributed by atoms with van der Waals surface area (Å²) in [5.74, 6) is -0.126. The van der Waals surface area contributed by atoms with Crippen molar-refractivity contribution in [1.29, 1.82) is 0 Å². The molecule has 0 unspecified atom stereocenters. The van der Waals surface area contributed by atoms with Gasteiger partial charge in [0.2, 0.25) is 0 Å². The van der Waals surface area contributed by atoms with Gasteiger partial charge in [-0.05, 0) is 41.7 Å². The maximum atomic E-state index is 12.8. The lowest BCUT2D eigenvalue weighted by atomic mass is 9.86. The average molecular weight is 364 g/mol. The second kappa shape index (κ2) is 7.61. The average Bonchev–Trinajstić information content (AvgIpc) is 3.11. The van der Waals surface area contributed by atoms with Crippen LogP contribution in [-0.2, 0) is 0 Å². The highest BCUT2D eigenvalue weighted by Crippen LogP contribution is 2.30. The summed E-state index contributed by atoms with van der Waals surface area (Å²) < 4.78 is 0. The van der Waals surface area contributed by atoms with Crippen molar-refractivity contribution < 1.29 is 9.90 Å². The van der Waals surface area contributed by atoms with Gasteiger partial charge in [-0.3, -0.25) is 14.9 Å². The molecule has 2 heterocycles. The molecular formula is C21H24N4O2. The number of pyridine rings is 1. The second-order valence-electron chi connectivity index (χ2n) is 7.76. The molecule has 0 bridgehead atoms. The number of amides is 1. The number of aromatic hydroxyl groups is 1. The number of hydrogen-bond acceptors (Lipinski definition) is 4. The molecule has 0 spiro atoms. The van der Waals surface area contributed by atoms with Crippen LogP contribution in [0.1, 0.15) is 49.3 Å². The van der Waals surface area contributed by atoms with E-state index in [-0.39, 0.29) is 23.1 Å². The van der Waals surface area contributed by atoms with Crippen molar-refractivity contribution in [2.45, 2.75) is 33.2 Å². The fraction of sp³-hybridized carbons (Fsp3) is 0.286. The Morgan fingerprint density at radius 2 is 2.00 bits per heavy atom. The lowest BCUT2D eigenvalue weighted by Crippen LogP contribution is -2.31. The zero-order chi connectivity index (χ0) is 19.4. The highest BCUT2D eigenvalue weighted by atomic mass is 16.3. The van der Waals surface area contributed by atoms with Gasteiger partial charge in [-0.25, -0.2) is 0 Å². The first-order valence-electron chi connectivity index (χ1n) is 8.88. The predicted octanol–water partition coefficient (Wildman–Crippen LogP) is 4.08. The zero-order valence-electron chi connectivity index (χ0n) is 15.7. The van der Waals surface area contributed by atoms with Crippen LogP contribution in [0.25, 0.3) is 11.3 Å². The molecule has 0 saturated heterocycles. The maximum absolute atomic E-state index is 12.8. The Kier molecular flexibility index (Phi) is 5.26. The maximum Gasteiger partial charge on any atom is 0.269 e. The SMILES string of the molecule is CC(C)(C)C[C@@H](NC(=O)c1cc(-c2ccccc2O)n[nH]1)c1cccnc1. The molecular weight excluding hydrogens is 340 g/mol. The van der Waals surface area contributed by atoms with Gasteiger partial charge in [0.25, 0.3) is 5.91 Å². The van der Waals surface area contributed by atoms with Crippen molar-refractivity contribution in [3.8, 4) is 17.0 Å². The van der Waals surface area contributed by atoms with Crippen LogP contribution in [0, 0.1) is 5.41 Å². The van der Waals surface area contributed by atoms with E-state index in [1.54, 1.807) is 36.7 Å². The Balaban J connectivity index is 1.81. The van der Waals surface area contributed by atoms with E-state index in [1.165, 1.54) is 0 Å². The number of H-pyrrole nitrogens is 1. The van der Waals surface area contributed by atoms with E-state index >= 15 is 0 Å². The molecule has 6 heteroatoms. The monoisotopic (exact) mass is 364 g/mol. The number of benzene rings is 1. The van der Waals surface area contributed by atoms with Crippen LogP contribution in [0.2, 0.25) is 0 Å². The van der Waals surface area contributed by atoms with Gasteiger partial charge in [-0.2, -0.15) is 5.10 Å². The summed E-state index contributed by atoms with van der Waals surface area (Å²) in [5.41, 5.74) is 2.43. The summed E-state index contributed by atoms with van der Waals surface area (Å²) in [5, 5.41) is 20.0. The summed E-state index contributed by atoms with van der Waals surface area (Å²) in [4.78, 5) is 16.9. The van der Waals surface area contributed by atoms with Gasteiger partial charge >= 0.3 is 0 Å². The van der Waals surface area contributed by atoms with E-state index in [0.717, 1.165) is 12.0 Å². The molecule has 0 aliphatic heterocycles. The molecule has 0 saturated carbocycles. The molecule has 0 fully saturated rings. The van der Waals surface area contributed by atoms with Crippen LogP contribution in [0.4, 0.5) is 0 Å². The summed E-state index contributed by atoms with van der Waals surface area (Å²) in [7, 11) is 0. The van der Waals surface area contributed by atoms with Crippen LogP contribution in [0.5, 0.6) is 5.75 Å². The Labute approximate surface area is 158 Å². The van der Waals surface area contributed by atoms with Crippen molar-refractivity contribution in [1.82, 2.24) is 20.5 Å². The highest BCUT2D eigenvalue weighted by Gasteiger charge is 2.23. The quantitative estimate of drug-likeness (QED) is 0.636. The van der Waals surface area contributed by atoms with Crippen LogP contribution < -0.4 is 5.32 Å². The molecule has 3 rings (SSSR count). The number of phenols is 1. The predicted molar refractivity (Wildman–Crippen MR) is 104 cm³/mol. The van der Waals surface area contributed by atoms with E-state index in [9.17, 15) is 9.90 Å². The van der Waals surface area contributed by atoms with Gasteiger partial charge in [0, 0.05) is 18.0 Å². The van der Waals surface area contributed by atoms with Crippen molar-refractivity contribution >= 4 is 5.91 Å². The largest absolute Gasteiger partial charge is 0.507 e. The minimum absolute atomic E-state index is 0.0305. The third-order valence-corrected chi connectivity index (χ3v) is 4.21. The normalized spacial score (nSPS) is 12.6. The first kappa shape index (κ1) is 18.6. The molecule has 0 aliphatic carbocycles. The number of nitrogens with zero attached hydrogens (tertiary/aromatic N) is 2. The van der Waals surface area contributed by atoms with Gasteiger partial charge in [-0.1, -0.05) is 39.0 Å². The number of rotatable bonds is 5. The lowest BCUT2D eigenvalue weighted by Gasteiger charge is -2.26. The van der Waals surface area contributed by atoms with Gasteiger partial charge < -0.3 is 10.4 Å². The van der Waals surface area contributed by atoms with Gasteiger partial charge in [0.15, 0.2) is 0 Å². The van der Waals surface area contributed by atoms with E-state index in [4.69, 9.17) is 0 Å². The standard InChI is InChI=1S/C21H24N4O2/c1-21(2,3)12-18(14-7-6-10-22-13-14)23-20(27)17-11-16(24-25-17)15-8-4-5-9-19(15)26/h4-11,13,18,26H,12H2,1-3H3,(H,23,27)(H,24,25)/t18-/m1/s1. The molecule has 6 nitrogen and oxygen atoms in total.